The zero-order valence-electron chi connectivity index (χ0n) is 16.0. The van der Waals surface area contributed by atoms with Gasteiger partial charge >= 0.3 is 0 Å². The Hall–Kier alpha value is -2.04. The van der Waals surface area contributed by atoms with Crippen molar-refractivity contribution in [3.63, 3.8) is 0 Å². The van der Waals surface area contributed by atoms with Gasteiger partial charge in [-0.2, -0.15) is 0 Å². The van der Waals surface area contributed by atoms with Crippen LogP contribution in [0.3, 0.4) is 0 Å². The van der Waals surface area contributed by atoms with Gasteiger partial charge in [-0.05, 0) is 43.7 Å². The fourth-order valence-corrected chi connectivity index (χ4v) is 3.21. The van der Waals surface area contributed by atoms with Crippen LogP contribution >= 0.6 is 0 Å². The Morgan fingerprint density at radius 2 is 1.35 bits per heavy atom. The topological polar surface area (TPSA) is 24.9 Å². The van der Waals surface area contributed by atoms with Crippen LogP contribution in [0.15, 0.2) is 48.5 Å². The van der Waals surface area contributed by atoms with Crippen LogP contribution in [0.2, 0.25) is 0 Å². The molecule has 3 rings (SSSR count). The van der Waals surface area contributed by atoms with E-state index in [1.807, 2.05) is 19.1 Å². The normalized spacial score (nSPS) is 15.8. The maximum atomic E-state index is 5.85. The first-order valence-electron chi connectivity index (χ1n) is 9.59. The van der Waals surface area contributed by atoms with Gasteiger partial charge in [0.2, 0.25) is 0 Å². The highest BCUT2D eigenvalue weighted by molar-refractivity contribution is 5.27. The molecule has 1 aliphatic rings. The molecule has 0 unspecified atom stereocenters. The van der Waals surface area contributed by atoms with E-state index in [9.17, 15) is 0 Å². The molecule has 0 amide bonds. The Balaban J connectivity index is 1.35. The third kappa shape index (κ3) is 5.75. The largest absolute Gasteiger partial charge is 0.494 e. The van der Waals surface area contributed by atoms with Crippen LogP contribution < -0.4 is 9.47 Å². The lowest BCUT2D eigenvalue weighted by molar-refractivity contribution is 0.112. The highest BCUT2D eigenvalue weighted by atomic mass is 16.5. The summed E-state index contributed by atoms with van der Waals surface area (Å²) in [6.45, 7) is 12.0. The zero-order chi connectivity index (χ0) is 18.2. The zero-order valence-corrected chi connectivity index (χ0v) is 16.0. The second-order valence-corrected chi connectivity index (χ2v) is 6.86. The molecule has 26 heavy (non-hydrogen) atoms. The summed E-state index contributed by atoms with van der Waals surface area (Å²) in [5.74, 6) is 1.92. The van der Waals surface area contributed by atoms with E-state index >= 15 is 0 Å². The average molecular weight is 354 g/mol. The number of hydrogen-bond donors (Lipinski definition) is 0. The summed E-state index contributed by atoms with van der Waals surface area (Å²) in [7, 11) is 0. The average Bonchev–Trinajstić information content (AvgIpc) is 2.67. The van der Waals surface area contributed by atoms with E-state index in [1.54, 1.807) is 0 Å². The minimum atomic E-state index is 0.717. The maximum absolute atomic E-state index is 5.85. The van der Waals surface area contributed by atoms with Crippen molar-refractivity contribution < 1.29 is 9.47 Å². The molecule has 0 bridgehead atoms. The summed E-state index contributed by atoms with van der Waals surface area (Å²) in [5, 5.41) is 0. The van der Waals surface area contributed by atoms with Gasteiger partial charge in [0.1, 0.15) is 18.1 Å². The molecule has 0 atom stereocenters. The predicted molar refractivity (Wildman–Crippen MR) is 106 cm³/mol. The summed E-state index contributed by atoms with van der Waals surface area (Å²) < 4.78 is 11.4. The van der Waals surface area contributed by atoms with Crippen LogP contribution in [-0.2, 0) is 6.54 Å². The first kappa shape index (κ1) is 18.7. The van der Waals surface area contributed by atoms with Crippen molar-refractivity contribution in [2.75, 3.05) is 45.9 Å². The number of nitrogens with zero attached hydrogens (tertiary/aromatic N) is 2. The lowest BCUT2D eigenvalue weighted by Crippen LogP contribution is -2.47. The van der Waals surface area contributed by atoms with Gasteiger partial charge in [0, 0.05) is 39.3 Å². The van der Waals surface area contributed by atoms with Crippen LogP contribution in [0.4, 0.5) is 0 Å². The minimum Gasteiger partial charge on any atom is -0.494 e. The molecule has 2 aromatic carbocycles. The molecule has 4 heteroatoms. The van der Waals surface area contributed by atoms with Gasteiger partial charge in [-0.15, -0.1) is 0 Å². The summed E-state index contributed by atoms with van der Waals surface area (Å²) in [5.41, 5.74) is 2.62. The maximum Gasteiger partial charge on any atom is 0.119 e. The molecular formula is C22H30N2O2. The van der Waals surface area contributed by atoms with Crippen LogP contribution in [0, 0.1) is 6.92 Å². The summed E-state index contributed by atoms with van der Waals surface area (Å²) in [6, 6.07) is 16.8. The van der Waals surface area contributed by atoms with Crippen LogP contribution in [-0.4, -0.2) is 55.7 Å². The van der Waals surface area contributed by atoms with E-state index in [0.717, 1.165) is 64.0 Å². The van der Waals surface area contributed by atoms with Crippen molar-refractivity contribution in [1.82, 2.24) is 9.80 Å². The lowest BCUT2D eigenvalue weighted by Gasteiger charge is -2.34. The second kappa shape index (κ2) is 9.60. The molecule has 1 saturated heterocycles. The molecular weight excluding hydrogens is 324 g/mol. The number of aryl methyl sites for hydroxylation is 1. The quantitative estimate of drug-likeness (QED) is 0.723. The third-order valence-corrected chi connectivity index (χ3v) is 4.80. The van der Waals surface area contributed by atoms with Gasteiger partial charge in [-0.1, -0.05) is 29.8 Å². The van der Waals surface area contributed by atoms with Gasteiger partial charge in [0.15, 0.2) is 0 Å². The molecule has 0 aliphatic carbocycles. The minimum absolute atomic E-state index is 0.717. The smallest absolute Gasteiger partial charge is 0.119 e. The Labute approximate surface area is 157 Å². The van der Waals surface area contributed by atoms with E-state index in [-0.39, 0.29) is 0 Å². The van der Waals surface area contributed by atoms with Crippen molar-refractivity contribution in [2.24, 2.45) is 0 Å². The molecule has 1 fully saturated rings. The molecule has 1 aliphatic heterocycles. The monoisotopic (exact) mass is 354 g/mol. The number of ether oxygens (including phenoxy) is 2. The standard InChI is InChI=1S/C22H30N2O2/c1-3-25-21-10-6-20(7-11-21)18-24-14-12-23(13-15-24)16-17-26-22-8-4-19(2)5-9-22/h4-11H,3,12-18H2,1-2H3. The van der Waals surface area contributed by atoms with Crippen molar-refractivity contribution in [3.8, 4) is 11.5 Å². The van der Waals surface area contributed by atoms with E-state index < -0.39 is 0 Å². The molecule has 4 nitrogen and oxygen atoms in total. The van der Waals surface area contributed by atoms with Crippen molar-refractivity contribution in [3.05, 3.63) is 59.7 Å². The Kier molecular flexibility index (Phi) is 6.92. The first-order chi connectivity index (χ1) is 12.7. The van der Waals surface area contributed by atoms with Crippen LogP contribution in [0.25, 0.3) is 0 Å². The van der Waals surface area contributed by atoms with Crippen molar-refractivity contribution >= 4 is 0 Å². The van der Waals surface area contributed by atoms with Gasteiger partial charge in [0.25, 0.3) is 0 Å². The van der Waals surface area contributed by atoms with E-state index in [0.29, 0.717) is 0 Å². The first-order valence-corrected chi connectivity index (χ1v) is 9.59. The predicted octanol–water partition coefficient (Wildman–Crippen LogP) is 3.59. The highest BCUT2D eigenvalue weighted by Gasteiger charge is 2.16. The number of piperazine rings is 1. The molecule has 1 heterocycles. The number of rotatable bonds is 8. The summed E-state index contributed by atoms with van der Waals surface area (Å²) >= 11 is 0. The van der Waals surface area contributed by atoms with E-state index in [1.165, 1.54) is 11.1 Å². The molecule has 0 radical (unpaired) electrons. The Morgan fingerprint density at radius 3 is 2.00 bits per heavy atom. The second-order valence-electron chi connectivity index (χ2n) is 6.86. The fourth-order valence-electron chi connectivity index (χ4n) is 3.21. The molecule has 2 aromatic rings. The number of benzene rings is 2. The molecule has 0 N–H and O–H groups in total. The van der Waals surface area contributed by atoms with Crippen molar-refractivity contribution in [1.29, 1.82) is 0 Å². The fraction of sp³-hybridized carbons (Fsp3) is 0.455. The van der Waals surface area contributed by atoms with E-state index in [4.69, 9.17) is 9.47 Å². The molecule has 140 valence electrons. The van der Waals surface area contributed by atoms with Gasteiger partial charge in [-0.25, -0.2) is 0 Å². The summed E-state index contributed by atoms with van der Waals surface area (Å²) in [4.78, 5) is 5.01. The van der Waals surface area contributed by atoms with Gasteiger partial charge < -0.3 is 9.47 Å². The third-order valence-electron chi connectivity index (χ3n) is 4.80. The molecule has 0 aromatic heterocycles. The Bertz CT molecular complexity index is 647. The summed E-state index contributed by atoms with van der Waals surface area (Å²) in [6.07, 6.45) is 0. The van der Waals surface area contributed by atoms with Crippen LogP contribution in [0.1, 0.15) is 18.1 Å². The molecule has 0 saturated carbocycles. The molecule has 0 spiro atoms. The van der Waals surface area contributed by atoms with Crippen LogP contribution in [0.5, 0.6) is 11.5 Å². The highest BCUT2D eigenvalue weighted by Crippen LogP contribution is 2.15. The number of hydrogen-bond acceptors (Lipinski definition) is 4. The Morgan fingerprint density at radius 1 is 0.769 bits per heavy atom. The van der Waals surface area contributed by atoms with Gasteiger partial charge in [-0.3, -0.25) is 9.80 Å². The lowest BCUT2D eigenvalue weighted by atomic mass is 10.2. The SMILES string of the molecule is CCOc1ccc(CN2CCN(CCOc3ccc(C)cc3)CC2)cc1. The van der Waals surface area contributed by atoms with E-state index in [2.05, 4.69) is 53.1 Å². The van der Waals surface area contributed by atoms with Gasteiger partial charge in [0.05, 0.1) is 6.61 Å². The van der Waals surface area contributed by atoms with Crippen molar-refractivity contribution in [2.45, 2.75) is 20.4 Å².